The summed E-state index contributed by atoms with van der Waals surface area (Å²) in [6.07, 6.45) is 0.393. The lowest BCUT2D eigenvalue weighted by molar-refractivity contribution is -0.134. The van der Waals surface area contributed by atoms with Crippen LogP contribution in [0.4, 0.5) is 4.79 Å². The Hall–Kier alpha value is -3.06. The Morgan fingerprint density at radius 1 is 1.00 bits per heavy atom. The second-order valence-electron chi connectivity index (χ2n) is 9.94. The standard InChI is InChI=1S/C27H37N3O4/c1-27(2,3)34-26(32)30-15-14-22-12-9-13-24(23(22)19-30)33-20-25(31)29(17-16-28(4)5)18-21-10-7-6-8-11-21/h6-13H,14-20H2,1-5H3. The van der Waals surface area contributed by atoms with E-state index in [9.17, 15) is 9.59 Å². The molecule has 0 aliphatic carbocycles. The van der Waals surface area contributed by atoms with E-state index in [0.717, 1.165) is 29.7 Å². The predicted octanol–water partition coefficient (Wildman–Crippen LogP) is 3.95. The molecule has 0 spiro atoms. The molecule has 7 nitrogen and oxygen atoms in total. The van der Waals surface area contributed by atoms with E-state index in [1.807, 2.05) is 82.2 Å². The maximum absolute atomic E-state index is 13.1. The van der Waals surface area contributed by atoms with Gasteiger partial charge in [-0.15, -0.1) is 0 Å². The summed E-state index contributed by atoms with van der Waals surface area (Å²) >= 11 is 0. The van der Waals surface area contributed by atoms with Crippen molar-refractivity contribution < 1.29 is 19.1 Å². The van der Waals surface area contributed by atoms with E-state index in [2.05, 4.69) is 11.0 Å². The van der Waals surface area contributed by atoms with E-state index in [1.54, 1.807) is 4.90 Å². The Morgan fingerprint density at radius 3 is 2.41 bits per heavy atom. The molecule has 0 N–H and O–H groups in total. The molecule has 2 aromatic carbocycles. The van der Waals surface area contributed by atoms with Crippen molar-refractivity contribution in [2.75, 3.05) is 40.3 Å². The molecule has 0 unspecified atom stereocenters. The first-order valence-corrected chi connectivity index (χ1v) is 11.8. The first kappa shape index (κ1) is 25.6. The smallest absolute Gasteiger partial charge is 0.410 e. The molecule has 0 radical (unpaired) electrons. The Bertz CT molecular complexity index is 970. The fraction of sp³-hybridized carbons (Fsp3) is 0.481. The molecular formula is C27H37N3O4. The van der Waals surface area contributed by atoms with Crippen LogP contribution in [0.3, 0.4) is 0 Å². The molecule has 7 heteroatoms. The van der Waals surface area contributed by atoms with Crippen LogP contribution in [0.25, 0.3) is 0 Å². The number of amides is 2. The van der Waals surface area contributed by atoms with Crippen molar-refractivity contribution in [1.82, 2.24) is 14.7 Å². The molecule has 184 valence electrons. The van der Waals surface area contributed by atoms with Gasteiger partial charge in [0, 0.05) is 31.7 Å². The average Bonchev–Trinajstić information content (AvgIpc) is 2.79. The van der Waals surface area contributed by atoms with Gasteiger partial charge in [0.15, 0.2) is 6.61 Å². The van der Waals surface area contributed by atoms with Crippen molar-refractivity contribution in [1.29, 1.82) is 0 Å². The van der Waals surface area contributed by atoms with E-state index < -0.39 is 5.60 Å². The Kier molecular flexibility index (Phi) is 8.56. The molecule has 0 bridgehead atoms. The van der Waals surface area contributed by atoms with E-state index in [0.29, 0.717) is 31.9 Å². The quantitative estimate of drug-likeness (QED) is 0.588. The van der Waals surface area contributed by atoms with Crippen LogP contribution in [-0.4, -0.2) is 72.6 Å². The minimum Gasteiger partial charge on any atom is -0.483 e. The molecule has 0 saturated carbocycles. The van der Waals surface area contributed by atoms with Crippen molar-refractivity contribution in [2.24, 2.45) is 0 Å². The van der Waals surface area contributed by atoms with Crippen LogP contribution in [0.2, 0.25) is 0 Å². The van der Waals surface area contributed by atoms with E-state index in [-0.39, 0.29) is 18.6 Å². The summed E-state index contributed by atoms with van der Waals surface area (Å²) < 4.78 is 11.6. The number of nitrogens with zero attached hydrogens (tertiary/aromatic N) is 3. The largest absolute Gasteiger partial charge is 0.483 e. The predicted molar refractivity (Wildman–Crippen MR) is 133 cm³/mol. The van der Waals surface area contributed by atoms with Crippen LogP contribution in [0.1, 0.15) is 37.5 Å². The lowest BCUT2D eigenvalue weighted by Gasteiger charge is -2.32. The molecule has 0 atom stereocenters. The zero-order chi connectivity index (χ0) is 24.7. The highest BCUT2D eigenvalue weighted by Gasteiger charge is 2.27. The van der Waals surface area contributed by atoms with Crippen molar-refractivity contribution in [3.05, 3.63) is 65.2 Å². The van der Waals surface area contributed by atoms with Crippen LogP contribution in [0.15, 0.2) is 48.5 Å². The van der Waals surface area contributed by atoms with E-state index in [4.69, 9.17) is 9.47 Å². The van der Waals surface area contributed by atoms with Gasteiger partial charge in [0.2, 0.25) is 0 Å². The van der Waals surface area contributed by atoms with Crippen molar-refractivity contribution in [3.63, 3.8) is 0 Å². The Morgan fingerprint density at radius 2 is 1.74 bits per heavy atom. The van der Waals surface area contributed by atoms with Gasteiger partial charge in [0.25, 0.3) is 5.91 Å². The van der Waals surface area contributed by atoms with Crippen LogP contribution in [-0.2, 0) is 29.0 Å². The molecule has 1 aliphatic heterocycles. The third-order valence-electron chi connectivity index (χ3n) is 5.62. The van der Waals surface area contributed by atoms with Crippen LogP contribution < -0.4 is 4.74 Å². The Labute approximate surface area is 203 Å². The summed E-state index contributed by atoms with van der Waals surface area (Å²) in [5, 5.41) is 0. The summed E-state index contributed by atoms with van der Waals surface area (Å²) in [6, 6.07) is 15.8. The zero-order valence-corrected chi connectivity index (χ0v) is 21.0. The summed E-state index contributed by atoms with van der Waals surface area (Å²) in [5.41, 5.74) is 2.61. The number of carbonyl (C=O) groups excluding carboxylic acids is 2. The van der Waals surface area contributed by atoms with Gasteiger partial charge in [-0.25, -0.2) is 4.79 Å². The minimum atomic E-state index is -0.547. The molecular weight excluding hydrogens is 430 g/mol. The first-order valence-electron chi connectivity index (χ1n) is 11.8. The second-order valence-corrected chi connectivity index (χ2v) is 9.94. The van der Waals surface area contributed by atoms with E-state index >= 15 is 0 Å². The maximum Gasteiger partial charge on any atom is 0.410 e. The maximum atomic E-state index is 13.1. The van der Waals surface area contributed by atoms with Gasteiger partial charge in [0.1, 0.15) is 11.4 Å². The highest BCUT2D eigenvalue weighted by molar-refractivity contribution is 5.78. The SMILES string of the molecule is CN(C)CCN(Cc1ccccc1)C(=O)COc1cccc2c1CN(C(=O)OC(C)(C)C)CC2. The van der Waals surface area contributed by atoms with Crippen molar-refractivity contribution in [3.8, 4) is 5.75 Å². The van der Waals surface area contributed by atoms with Gasteiger partial charge in [0.05, 0.1) is 6.54 Å². The summed E-state index contributed by atoms with van der Waals surface area (Å²) in [6.45, 7) is 8.46. The summed E-state index contributed by atoms with van der Waals surface area (Å²) in [5.74, 6) is 0.578. The average molecular weight is 468 g/mol. The van der Waals surface area contributed by atoms with Gasteiger partial charge >= 0.3 is 6.09 Å². The molecule has 2 amide bonds. The number of benzene rings is 2. The number of carbonyl (C=O) groups is 2. The topological polar surface area (TPSA) is 62.3 Å². The molecule has 0 aromatic heterocycles. The molecule has 0 saturated heterocycles. The monoisotopic (exact) mass is 467 g/mol. The fourth-order valence-electron chi connectivity index (χ4n) is 3.81. The molecule has 34 heavy (non-hydrogen) atoms. The number of hydrogen-bond donors (Lipinski definition) is 0. The number of ether oxygens (including phenoxy) is 2. The zero-order valence-electron chi connectivity index (χ0n) is 21.0. The first-order chi connectivity index (χ1) is 16.1. The molecule has 1 heterocycles. The number of rotatable bonds is 8. The van der Waals surface area contributed by atoms with Gasteiger partial charge in [-0.3, -0.25) is 4.79 Å². The highest BCUT2D eigenvalue weighted by atomic mass is 16.6. The summed E-state index contributed by atoms with van der Waals surface area (Å²) in [4.78, 5) is 31.3. The molecule has 3 rings (SSSR count). The van der Waals surface area contributed by atoms with Crippen LogP contribution >= 0.6 is 0 Å². The van der Waals surface area contributed by atoms with Gasteiger partial charge in [-0.1, -0.05) is 42.5 Å². The van der Waals surface area contributed by atoms with Crippen LogP contribution in [0, 0.1) is 0 Å². The fourth-order valence-corrected chi connectivity index (χ4v) is 3.81. The third-order valence-corrected chi connectivity index (χ3v) is 5.62. The summed E-state index contributed by atoms with van der Waals surface area (Å²) in [7, 11) is 3.99. The van der Waals surface area contributed by atoms with Crippen molar-refractivity contribution in [2.45, 2.75) is 45.9 Å². The van der Waals surface area contributed by atoms with Crippen LogP contribution in [0.5, 0.6) is 5.75 Å². The minimum absolute atomic E-state index is 0.0524. The highest BCUT2D eigenvalue weighted by Crippen LogP contribution is 2.29. The lowest BCUT2D eigenvalue weighted by Crippen LogP contribution is -2.40. The van der Waals surface area contributed by atoms with Crippen molar-refractivity contribution >= 4 is 12.0 Å². The van der Waals surface area contributed by atoms with Gasteiger partial charge in [-0.2, -0.15) is 0 Å². The number of likely N-dealkylation sites (N-methyl/N-ethyl adjacent to an activating group) is 1. The van der Waals surface area contributed by atoms with E-state index in [1.165, 1.54) is 0 Å². The number of hydrogen-bond acceptors (Lipinski definition) is 5. The third kappa shape index (κ3) is 7.48. The van der Waals surface area contributed by atoms with Gasteiger partial charge in [-0.05, 0) is 58.5 Å². The molecule has 1 aliphatic rings. The molecule has 2 aromatic rings. The lowest BCUT2D eigenvalue weighted by atomic mass is 9.99. The number of fused-ring (bicyclic) bond motifs is 1. The second kappa shape index (κ2) is 11.4. The Balaban J connectivity index is 1.68. The normalized spacial score (nSPS) is 13.4. The van der Waals surface area contributed by atoms with Gasteiger partial charge < -0.3 is 24.2 Å². The molecule has 0 fully saturated rings.